The van der Waals surface area contributed by atoms with Crippen molar-refractivity contribution in [2.24, 2.45) is 11.8 Å². The predicted octanol–water partition coefficient (Wildman–Crippen LogP) is 2.42. The van der Waals surface area contributed by atoms with E-state index in [0.717, 1.165) is 24.4 Å². The summed E-state index contributed by atoms with van der Waals surface area (Å²) in [6.07, 6.45) is 4.21. The Labute approximate surface area is 70.6 Å². The van der Waals surface area contributed by atoms with Gasteiger partial charge in [-0.05, 0) is 37.6 Å². The molecule has 0 bridgehead atoms. The van der Waals surface area contributed by atoms with Gasteiger partial charge in [0, 0.05) is 6.04 Å². The van der Waals surface area contributed by atoms with Crippen molar-refractivity contribution in [3.8, 4) is 0 Å². The van der Waals surface area contributed by atoms with Crippen LogP contribution < -0.4 is 5.32 Å². The fourth-order valence-electron chi connectivity index (χ4n) is 2.40. The highest BCUT2D eigenvalue weighted by atomic mass is 14.9. The zero-order valence-electron chi connectivity index (χ0n) is 8.06. The van der Waals surface area contributed by atoms with E-state index in [0.29, 0.717) is 0 Å². The lowest BCUT2D eigenvalue weighted by atomic mass is 9.80. The highest BCUT2D eigenvalue weighted by Gasteiger charge is 2.22. The molecule has 1 heteroatoms. The van der Waals surface area contributed by atoms with E-state index in [9.17, 15) is 0 Å². The first-order valence-corrected chi connectivity index (χ1v) is 4.95. The Hall–Kier alpha value is -0.0400. The highest BCUT2D eigenvalue weighted by Crippen LogP contribution is 2.28. The van der Waals surface area contributed by atoms with E-state index in [1.165, 1.54) is 19.3 Å². The quantitative estimate of drug-likeness (QED) is 0.645. The van der Waals surface area contributed by atoms with Crippen molar-refractivity contribution < 1.29 is 0 Å². The van der Waals surface area contributed by atoms with Crippen LogP contribution in [-0.2, 0) is 0 Å². The largest absolute Gasteiger partial charge is 0.314 e. The molecule has 11 heavy (non-hydrogen) atoms. The lowest BCUT2D eigenvalue weighted by Gasteiger charge is -2.31. The second kappa shape index (κ2) is 4.10. The van der Waals surface area contributed by atoms with Gasteiger partial charge >= 0.3 is 0 Å². The highest BCUT2D eigenvalue weighted by molar-refractivity contribution is 4.78. The van der Waals surface area contributed by atoms with Crippen molar-refractivity contribution in [3.63, 3.8) is 0 Å². The maximum absolute atomic E-state index is 3.55. The van der Waals surface area contributed by atoms with Crippen LogP contribution in [0.25, 0.3) is 0 Å². The summed E-state index contributed by atoms with van der Waals surface area (Å²) in [6, 6.07) is 0.804. The Morgan fingerprint density at radius 2 is 1.64 bits per heavy atom. The molecule has 0 heterocycles. The van der Waals surface area contributed by atoms with Crippen LogP contribution in [0.1, 0.15) is 40.0 Å². The molecule has 0 aromatic heterocycles. The summed E-state index contributed by atoms with van der Waals surface area (Å²) in [4.78, 5) is 0. The first-order chi connectivity index (χ1) is 5.22. The minimum Gasteiger partial charge on any atom is -0.314 e. The van der Waals surface area contributed by atoms with Gasteiger partial charge in [-0.25, -0.2) is 0 Å². The average Bonchev–Trinajstić information content (AvgIpc) is 1.85. The van der Waals surface area contributed by atoms with Gasteiger partial charge in [0.05, 0.1) is 0 Å². The van der Waals surface area contributed by atoms with Crippen LogP contribution in [0.5, 0.6) is 0 Å². The summed E-state index contributed by atoms with van der Waals surface area (Å²) < 4.78 is 0. The van der Waals surface area contributed by atoms with Crippen molar-refractivity contribution in [2.75, 3.05) is 6.54 Å². The maximum Gasteiger partial charge on any atom is 0.00720 e. The van der Waals surface area contributed by atoms with E-state index in [4.69, 9.17) is 0 Å². The SMILES string of the molecule is CCNC1CC(C)CC(C)C1. The summed E-state index contributed by atoms with van der Waals surface area (Å²) in [5.74, 6) is 1.87. The van der Waals surface area contributed by atoms with Gasteiger partial charge in [-0.3, -0.25) is 0 Å². The first-order valence-electron chi connectivity index (χ1n) is 4.95. The molecule has 0 aromatic rings. The van der Waals surface area contributed by atoms with Crippen molar-refractivity contribution in [3.05, 3.63) is 0 Å². The van der Waals surface area contributed by atoms with Gasteiger partial charge in [0.15, 0.2) is 0 Å². The number of rotatable bonds is 2. The Kier molecular flexibility index (Phi) is 3.38. The third-order valence-electron chi connectivity index (χ3n) is 2.67. The summed E-state index contributed by atoms with van der Waals surface area (Å²) in [5.41, 5.74) is 0. The Morgan fingerprint density at radius 3 is 2.09 bits per heavy atom. The van der Waals surface area contributed by atoms with Crippen LogP contribution >= 0.6 is 0 Å². The molecule has 1 fully saturated rings. The zero-order valence-corrected chi connectivity index (χ0v) is 8.06. The molecule has 1 N–H and O–H groups in total. The van der Waals surface area contributed by atoms with Gasteiger partial charge in [0.1, 0.15) is 0 Å². The standard InChI is InChI=1S/C10H21N/c1-4-11-10-6-8(2)5-9(3)7-10/h8-11H,4-7H2,1-3H3. The molecule has 0 radical (unpaired) electrons. The lowest BCUT2D eigenvalue weighted by Crippen LogP contribution is -2.36. The zero-order chi connectivity index (χ0) is 8.27. The molecule has 1 aliphatic carbocycles. The number of hydrogen-bond donors (Lipinski definition) is 1. The molecule has 66 valence electrons. The number of hydrogen-bond acceptors (Lipinski definition) is 1. The van der Waals surface area contributed by atoms with Crippen LogP contribution in [0, 0.1) is 11.8 Å². The average molecular weight is 155 g/mol. The maximum atomic E-state index is 3.55. The van der Waals surface area contributed by atoms with E-state index in [2.05, 4.69) is 26.1 Å². The summed E-state index contributed by atoms with van der Waals surface area (Å²) >= 11 is 0. The molecular formula is C10H21N. The molecule has 0 amide bonds. The van der Waals surface area contributed by atoms with Gasteiger partial charge in [-0.2, -0.15) is 0 Å². The van der Waals surface area contributed by atoms with E-state index in [-0.39, 0.29) is 0 Å². The molecule has 2 unspecified atom stereocenters. The third kappa shape index (κ3) is 2.82. The van der Waals surface area contributed by atoms with Crippen molar-refractivity contribution in [2.45, 2.75) is 46.1 Å². The topological polar surface area (TPSA) is 12.0 Å². The van der Waals surface area contributed by atoms with Crippen LogP contribution in [0.3, 0.4) is 0 Å². The predicted molar refractivity (Wildman–Crippen MR) is 49.6 cm³/mol. The van der Waals surface area contributed by atoms with Crippen LogP contribution in [0.4, 0.5) is 0 Å². The van der Waals surface area contributed by atoms with Gasteiger partial charge in [-0.15, -0.1) is 0 Å². The van der Waals surface area contributed by atoms with Gasteiger partial charge < -0.3 is 5.32 Å². The minimum absolute atomic E-state index is 0.804. The van der Waals surface area contributed by atoms with E-state index >= 15 is 0 Å². The molecule has 1 saturated carbocycles. The Balaban J connectivity index is 2.30. The van der Waals surface area contributed by atoms with Crippen LogP contribution in [0.2, 0.25) is 0 Å². The minimum atomic E-state index is 0.804. The molecule has 0 aliphatic heterocycles. The smallest absolute Gasteiger partial charge is 0.00720 e. The second-order valence-corrected chi connectivity index (χ2v) is 4.17. The van der Waals surface area contributed by atoms with Crippen LogP contribution in [0.15, 0.2) is 0 Å². The monoisotopic (exact) mass is 155 g/mol. The van der Waals surface area contributed by atoms with E-state index < -0.39 is 0 Å². The molecule has 1 nitrogen and oxygen atoms in total. The first kappa shape index (κ1) is 9.05. The van der Waals surface area contributed by atoms with Crippen molar-refractivity contribution in [1.82, 2.24) is 5.32 Å². The third-order valence-corrected chi connectivity index (χ3v) is 2.67. The molecule has 1 rings (SSSR count). The fraction of sp³-hybridized carbons (Fsp3) is 1.00. The van der Waals surface area contributed by atoms with Crippen molar-refractivity contribution in [1.29, 1.82) is 0 Å². The molecule has 0 saturated heterocycles. The van der Waals surface area contributed by atoms with E-state index in [1.54, 1.807) is 0 Å². The molecular weight excluding hydrogens is 134 g/mol. The number of nitrogens with one attached hydrogen (secondary N) is 1. The molecule has 2 atom stereocenters. The Morgan fingerprint density at radius 1 is 1.09 bits per heavy atom. The summed E-state index contributed by atoms with van der Waals surface area (Å²) in [6.45, 7) is 8.08. The van der Waals surface area contributed by atoms with Crippen LogP contribution in [-0.4, -0.2) is 12.6 Å². The van der Waals surface area contributed by atoms with E-state index in [1.807, 2.05) is 0 Å². The molecule has 1 aliphatic rings. The summed E-state index contributed by atoms with van der Waals surface area (Å²) in [7, 11) is 0. The molecule has 0 aromatic carbocycles. The second-order valence-electron chi connectivity index (χ2n) is 4.17. The lowest BCUT2D eigenvalue weighted by molar-refractivity contribution is 0.241. The van der Waals surface area contributed by atoms with Gasteiger partial charge in [0.25, 0.3) is 0 Å². The van der Waals surface area contributed by atoms with Gasteiger partial charge in [-0.1, -0.05) is 20.8 Å². The summed E-state index contributed by atoms with van der Waals surface area (Å²) in [5, 5.41) is 3.55. The fourth-order valence-corrected chi connectivity index (χ4v) is 2.40. The normalized spacial score (nSPS) is 39.0. The Bertz CT molecular complexity index is 101. The van der Waals surface area contributed by atoms with Gasteiger partial charge in [0.2, 0.25) is 0 Å². The van der Waals surface area contributed by atoms with Crippen molar-refractivity contribution >= 4 is 0 Å². The molecule has 0 spiro atoms.